The van der Waals surface area contributed by atoms with Gasteiger partial charge in [0.15, 0.2) is 0 Å². The summed E-state index contributed by atoms with van der Waals surface area (Å²) in [5.41, 5.74) is 3.65. The predicted molar refractivity (Wildman–Crippen MR) is 82.2 cm³/mol. The molecule has 0 aliphatic carbocycles. The van der Waals surface area contributed by atoms with Crippen LogP contribution < -0.4 is 4.90 Å². The summed E-state index contributed by atoms with van der Waals surface area (Å²) >= 11 is 0. The Bertz CT molecular complexity index is 522. The number of hydrogen-bond acceptors (Lipinski definition) is 3. The molecule has 1 aromatic rings. The van der Waals surface area contributed by atoms with Crippen LogP contribution in [0, 0.1) is 6.92 Å². The van der Waals surface area contributed by atoms with Crippen molar-refractivity contribution >= 4 is 11.7 Å². The van der Waals surface area contributed by atoms with E-state index in [2.05, 4.69) is 50.8 Å². The highest BCUT2D eigenvalue weighted by atomic mass is 16.5. The Morgan fingerprint density at radius 1 is 1.45 bits per heavy atom. The van der Waals surface area contributed by atoms with E-state index in [0.717, 1.165) is 6.42 Å². The monoisotopic (exact) mass is 275 g/mol. The molecule has 0 saturated heterocycles. The summed E-state index contributed by atoms with van der Waals surface area (Å²) in [6.45, 7) is 10.7. The van der Waals surface area contributed by atoms with E-state index >= 15 is 0 Å². The Balaban J connectivity index is 2.56. The molecule has 1 aliphatic heterocycles. The van der Waals surface area contributed by atoms with E-state index in [4.69, 9.17) is 4.74 Å². The quantitative estimate of drug-likeness (QED) is 0.772. The molecule has 110 valence electrons. The molecule has 0 fully saturated rings. The molecule has 0 radical (unpaired) electrons. The minimum absolute atomic E-state index is 0.0617. The van der Waals surface area contributed by atoms with Gasteiger partial charge in [0.25, 0.3) is 0 Å². The average Bonchev–Trinajstić information content (AvgIpc) is 2.35. The number of ether oxygens (including phenoxy) is 1. The number of carbonyl (C=O) groups excluding carboxylic acids is 1. The van der Waals surface area contributed by atoms with Gasteiger partial charge >= 0.3 is 5.97 Å². The molecule has 3 heteroatoms. The van der Waals surface area contributed by atoms with Crippen LogP contribution in [-0.2, 0) is 9.53 Å². The van der Waals surface area contributed by atoms with Gasteiger partial charge in [-0.1, -0.05) is 19.1 Å². The van der Waals surface area contributed by atoms with Crippen LogP contribution in [0.5, 0.6) is 0 Å². The number of aryl methyl sites for hydroxylation is 1. The van der Waals surface area contributed by atoms with Crippen molar-refractivity contribution in [2.24, 2.45) is 0 Å². The van der Waals surface area contributed by atoms with E-state index in [9.17, 15) is 4.79 Å². The summed E-state index contributed by atoms with van der Waals surface area (Å²) in [6, 6.07) is 6.26. The zero-order chi connectivity index (χ0) is 15.1. The van der Waals surface area contributed by atoms with Crippen molar-refractivity contribution in [1.29, 1.82) is 0 Å². The highest BCUT2D eigenvalue weighted by Gasteiger charge is 2.41. The Morgan fingerprint density at radius 3 is 2.70 bits per heavy atom. The number of carbonyl (C=O) groups is 1. The minimum atomic E-state index is -0.275. The van der Waals surface area contributed by atoms with Gasteiger partial charge in [-0.25, -0.2) is 4.79 Å². The van der Waals surface area contributed by atoms with E-state index in [1.807, 2.05) is 6.92 Å². The van der Waals surface area contributed by atoms with Gasteiger partial charge in [0, 0.05) is 11.2 Å². The summed E-state index contributed by atoms with van der Waals surface area (Å²) in [6.07, 6.45) is 1.03. The fraction of sp³-hybridized carbons (Fsp3) is 0.588. The highest BCUT2D eigenvalue weighted by molar-refractivity contribution is 5.81. The molecule has 1 aromatic carbocycles. The first-order valence-corrected chi connectivity index (χ1v) is 7.25. The maximum absolute atomic E-state index is 12.0. The van der Waals surface area contributed by atoms with E-state index in [1.54, 1.807) is 0 Å². The Hall–Kier alpha value is -1.51. The molecule has 1 heterocycles. The van der Waals surface area contributed by atoms with Crippen LogP contribution >= 0.6 is 0 Å². The number of benzene rings is 1. The SMILES string of the molecule is COC(=O)[C@@H](C)N1c2cc(C)ccc2[C@H](C)CC1(C)C. The second kappa shape index (κ2) is 5.12. The van der Waals surface area contributed by atoms with E-state index in [1.165, 1.54) is 23.9 Å². The number of rotatable bonds is 2. The molecule has 0 N–H and O–H groups in total. The van der Waals surface area contributed by atoms with Crippen molar-refractivity contribution in [2.75, 3.05) is 12.0 Å². The maximum Gasteiger partial charge on any atom is 0.328 e. The molecule has 3 nitrogen and oxygen atoms in total. The summed E-state index contributed by atoms with van der Waals surface area (Å²) in [7, 11) is 1.45. The second-order valence-electron chi connectivity index (χ2n) is 6.55. The standard InChI is InChI=1S/C17H25NO2/c1-11-7-8-14-12(2)10-17(4,5)18(15(14)9-11)13(3)16(19)20-6/h7-9,12-13H,10H2,1-6H3/t12-,13-/m1/s1. The van der Waals surface area contributed by atoms with E-state index in [0.29, 0.717) is 5.92 Å². The zero-order valence-corrected chi connectivity index (χ0v) is 13.4. The lowest BCUT2D eigenvalue weighted by Gasteiger charge is -2.49. The summed E-state index contributed by atoms with van der Waals surface area (Å²) in [4.78, 5) is 14.2. The number of fused-ring (bicyclic) bond motifs is 1. The lowest BCUT2D eigenvalue weighted by atomic mass is 9.79. The lowest BCUT2D eigenvalue weighted by Crippen LogP contribution is -2.55. The smallest absolute Gasteiger partial charge is 0.328 e. The summed E-state index contributed by atoms with van der Waals surface area (Å²) in [5.74, 6) is 0.321. The van der Waals surface area contributed by atoms with Gasteiger partial charge in [0.1, 0.15) is 6.04 Å². The topological polar surface area (TPSA) is 29.5 Å². The Morgan fingerprint density at radius 2 is 2.10 bits per heavy atom. The fourth-order valence-electron chi connectivity index (χ4n) is 3.57. The van der Waals surface area contributed by atoms with Crippen molar-refractivity contribution in [1.82, 2.24) is 0 Å². The van der Waals surface area contributed by atoms with E-state index < -0.39 is 0 Å². The molecule has 0 aromatic heterocycles. The van der Waals surface area contributed by atoms with Crippen molar-refractivity contribution in [3.8, 4) is 0 Å². The fourth-order valence-corrected chi connectivity index (χ4v) is 3.57. The van der Waals surface area contributed by atoms with Crippen LogP contribution in [-0.4, -0.2) is 24.7 Å². The number of methoxy groups -OCH3 is 1. The first-order chi connectivity index (χ1) is 9.27. The Kier molecular flexibility index (Phi) is 3.81. The van der Waals surface area contributed by atoms with Crippen molar-refractivity contribution < 1.29 is 9.53 Å². The van der Waals surface area contributed by atoms with Crippen LogP contribution in [0.4, 0.5) is 5.69 Å². The van der Waals surface area contributed by atoms with Crippen LogP contribution in [0.1, 0.15) is 51.2 Å². The number of esters is 1. The Labute approximate surface area is 121 Å². The van der Waals surface area contributed by atoms with Gasteiger partial charge in [0.2, 0.25) is 0 Å². The molecule has 0 amide bonds. The third-order valence-corrected chi connectivity index (χ3v) is 4.36. The molecule has 0 unspecified atom stereocenters. The molecule has 0 saturated carbocycles. The number of nitrogens with zero attached hydrogens (tertiary/aromatic N) is 1. The number of anilines is 1. The maximum atomic E-state index is 12.0. The second-order valence-corrected chi connectivity index (χ2v) is 6.55. The van der Waals surface area contributed by atoms with Gasteiger partial charge in [-0.15, -0.1) is 0 Å². The molecular formula is C17H25NO2. The third-order valence-electron chi connectivity index (χ3n) is 4.36. The minimum Gasteiger partial charge on any atom is -0.467 e. The molecule has 1 aliphatic rings. The summed E-state index contributed by atoms with van der Waals surface area (Å²) < 4.78 is 4.95. The van der Waals surface area contributed by atoms with Crippen molar-refractivity contribution in [2.45, 2.75) is 58.5 Å². The largest absolute Gasteiger partial charge is 0.467 e. The molecular weight excluding hydrogens is 250 g/mol. The average molecular weight is 275 g/mol. The van der Waals surface area contributed by atoms with Crippen LogP contribution in [0.2, 0.25) is 0 Å². The molecule has 2 rings (SSSR count). The molecule has 2 atom stereocenters. The van der Waals surface area contributed by atoms with Gasteiger partial charge in [0.05, 0.1) is 7.11 Å². The van der Waals surface area contributed by atoms with Gasteiger partial charge in [-0.3, -0.25) is 0 Å². The molecule has 20 heavy (non-hydrogen) atoms. The first-order valence-electron chi connectivity index (χ1n) is 7.25. The van der Waals surface area contributed by atoms with Crippen molar-refractivity contribution in [3.63, 3.8) is 0 Å². The third kappa shape index (κ3) is 2.41. The van der Waals surface area contributed by atoms with Gasteiger partial charge < -0.3 is 9.64 Å². The zero-order valence-electron chi connectivity index (χ0n) is 13.4. The lowest BCUT2D eigenvalue weighted by molar-refractivity contribution is -0.142. The van der Waals surface area contributed by atoms with Crippen LogP contribution in [0.15, 0.2) is 18.2 Å². The highest BCUT2D eigenvalue weighted by Crippen LogP contribution is 2.44. The normalized spacial score (nSPS) is 22.1. The van der Waals surface area contributed by atoms with Crippen LogP contribution in [0.3, 0.4) is 0 Å². The van der Waals surface area contributed by atoms with Gasteiger partial charge in [-0.05, 0) is 57.2 Å². The summed E-state index contributed by atoms with van der Waals surface area (Å²) in [5, 5.41) is 0. The van der Waals surface area contributed by atoms with Crippen LogP contribution in [0.25, 0.3) is 0 Å². The van der Waals surface area contributed by atoms with Gasteiger partial charge in [-0.2, -0.15) is 0 Å². The predicted octanol–water partition coefficient (Wildman–Crippen LogP) is 3.65. The first kappa shape index (κ1) is 14.9. The van der Waals surface area contributed by atoms with E-state index in [-0.39, 0.29) is 17.6 Å². The van der Waals surface area contributed by atoms with Crippen molar-refractivity contribution in [3.05, 3.63) is 29.3 Å². The molecule has 0 bridgehead atoms. The molecule has 0 spiro atoms. The number of hydrogen-bond donors (Lipinski definition) is 0.